The normalized spacial score (nSPS) is 14.9. The molecule has 1 aromatic heterocycles. The third-order valence-electron chi connectivity index (χ3n) is 4.49. The van der Waals surface area contributed by atoms with Crippen molar-refractivity contribution in [1.29, 1.82) is 0 Å². The Hall–Kier alpha value is -2.87. The lowest BCUT2D eigenvalue weighted by atomic mass is 10.1. The Morgan fingerprint density at radius 1 is 1.08 bits per heavy atom. The highest BCUT2D eigenvalue weighted by molar-refractivity contribution is 5.44. The summed E-state index contributed by atoms with van der Waals surface area (Å²) in [7, 11) is 3.26. The molecule has 2 heterocycles. The maximum Gasteiger partial charge on any atom is 0.287 e. The Morgan fingerprint density at radius 3 is 2.38 bits per heavy atom. The number of nitro groups is 1. The van der Waals surface area contributed by atoms with E-state index in [0.29, 0.717) is 0 Å². The summed E-state index contributed by atoms with van der Waals surface area (Å²) in [4.78, 5) is 19.0. The minimum absolute atomic E-state index is 0.0147. The lowest BCUT2D eigenvalue weighted by molar-refractivity contribution is -0.385. The molecule has 1 aromatic carbocycles. The van der Waals surface area contributed by atoms with Gasteiger partial charge in [0.15, 0.2) is 11.5 Å². The van der Waals surface area contributed by atoms with Crippen molar-refractivity contribution in [3.05, 3.63) is 52.2 Å². The summed E-state index contributed by atoms with van der Waals surface area (Å²) < 4.78 is 10.6. The second-order valence-electron chi connectivity index (χ2n) is 6.08. The van der Waals surface area contributed by atoms with Gasteiger partial charge in [0.1, 0.15) is 12.0 Å². The summed E-state index contributed by atoms with van der Waals surface area (Å²) in [6.07, 6.45) is 1.31. The van der Waals surface area contributed by atoms with Crippen LogP contribution in [0, 0.1) is 10.1 Å². The van der Waals surface area contributed by atoms with Gasteiger partial charge in [-0.05, 0) is 23.8 Å². The van der Waals surface area contributed by atoms with E-state index in [1.54, 1.807) is 20.3 Å². The molecule has 0 saturated carbocycles. The molecular formula is C18H22N4O4. The first-order valence-electron chi connectivity index (χ1n) is 8.39. The predicted octanol–water partition coefficient (Wildman–Crippen LogP) is 2.33. The molecule has 0 radical (unpaired) electrons. The lowest BCUT2D eigenvalue weighted by Gasteiger charge is -2.35. The molecule has 0 amide bonds. The molecule has 1 saturated heterocycles. The SMILES string of the molecule is COc1ccc(CN2CCN(c3ccc([N+](=O)[O-])cn3)CC2)cc1OC. The number of nitrogens with zero attached hydrogens (tertiary/aromatic N) is 4. The lowest BCUT2D eigenvalue weighted by Crippen LogP contribution is -2.46. The summed E-state index contributed by atoms with van der Waals surface area (Å²) in [5.74, 6) is 2.24. The van der Waals surface area contributed by atoms with Crippen molar-refractivity contribution < 1.29 is 14.4 Å². The first kappa shape index (κ1) is 17.9. The van der Waals surface area contributed by atoms with E-state index in [1.165, 1.54) is 17.8 Å². The average Bonchev–Trinajstić information content (AvgIpc) is 2.68. The topological polar surface area (TPSA) is 81.0 Å². The molecule has 3 rings (SSSR count). The number of rotatable bonds is 6. The highest BCUT2D eigenvalue weighted by Crippen LogP contribution is 2.28. The Kier molecular flexibility index (Phi) is 5.52. The van der Waals surface area contributed by atoms with Gasteiger partial charge in [-0.2, -0.15) is 0 Å². The number of piperazine rings is 1. The summed E-state index contributed by atoms with van der Waals surface area (Å²) in [5, 5.41) is 10.7. The van der Waals surface area contributed by atoms with Crippen molar-refractivity contribution in [1.82, 2.24) is 9.88 Å². The van der Waals surface area contributed by atoms with E-state index in [2.05, 4.69) is 14.8 Å². The largest absolute Gasteiger partial charge is 0.493 e. The van der Waals surface area contributed by atoms with Gasteiger partial charge < -0.3 is 14.4 Å². The third-order valence-corrected chi connectivity index (χ3v) is 4.49. The first-order valence-corrected chi connectivity index (χ1v) is 8.39. The molecule has 8 heteroatoms. The standard InChI is InChI=1S/C18H22N4O4/c1-25-16-5-3-14(11-17(16)26-2)13-20-7-9-21(10-8-20)18-6-4-15(12-19-18)22(23)24/h3-6,11-12H,7-10,13H2,1-2H3. The Bertz CT molecular complexity index is 758. The average molecular weight is 358 g/mol. The molecule has 138 valence electrons. The van der Waals surface area contributed by atoms with Crippen LogP contribution in [0.15, 0.2) is 36.5 Å². The Morgan fingerprint density at radius 2 is 1.81 bits per heavy atom. The van der Waals surface area contributed by atoms with Gasteiger partial charge in [0.05, 0.1) is 19.1 Å². The van der Waals surface area contributed by atoms with E-state index in [-0.39, 0.29) is 5.69 Å². The molecule has 1 fully saturated rings. The second-order valence-corrected chi connectivity index (χ2v) is 6.08. The smallest absolute Gasteiger partial charge is 0.287 e. The van der Waals surface area contributed by atoms with Gasteiger partial charge in [-0.3, -0.25) is 15.0 Å². The summed E-state index contributed by atoms with van der Waals surface area (Å²) in [6, 6.07) is 9.18. The quantitative estimate of drug-likeness (QED) is 0.579. The molecule has 1 aliphatic heterocycles. The molecule has 1 aliphatic rings. The van der Waals surface area contributed by atoms with Crippen LogP contribution in [-0.2, 0) is 6.54 Å². The number of ether oxygens (including phenoxy) is 2. The van der Waals surface area contributed by atoms with Gasteiger partial charge in [0.2, 0.25) is 0 Å². The van der Waals surface area contributed by atoms with E-state index >= 15 is 0 Å². The van der Waals surface area contributed by atoms with Crippen LogP contribution < -0.4 is 14.4 Å². The Balaban J connectivity index is 1.57. The molecule has 0 bridgehead atoms. The predicted molar refractivity (Wildman–Crippen MR) is 97.9 cm³/mol. The number of aromatic nitrogens is 1. The summed E-state index contributed by atoms with van der Waals surface area (Å²) in [5.41, 5.74) is 1.19. The number of methoxy groups -OCH3 is 2. The molecule has 26 heavy (non-hydrogen) atoms. The Labute approximate surface area is 152 Å². The van der Waals surface area contributed by atoms with Crippen LogP contribution in [0.3, 0.4) is 0 Å². The highest BCUT2D eigenvalue weighted by atomic mass is 16.6. The van der Waals surface area contributed by atoms with Crippen LogP contribution in [0.4, 0.5) is 11.5 Å². The van der Waals surface area contributed by atoms with E-state index < -0.39 is 4.92 Å². The monoisotopic (exact) mass is 358 g/mol. The highest BCUT2D eigenvalue weighted by Gasteiger charge is 2.19. The van der Waals surface area contributed by atoms with Crippen LogP contribution in [0.1, 0.15) is 5.56 Å². The number of anilines is 1. The maximum absolute atomic E-state index is 10.7. The summed E-state index contributed by atoms with van der Waals surface area (Å²) in [6.45, 7) is 4.29. The zero-order chi connectivity index (χ0) is 18.5. The number of pyridine rings is 1. The minimum atomic E-state index is -0.433. The van der Waals surface area contributed by atoms with Gasteiger partial charge in [-0.1, -0.05) is 6.07 Å². The fourth-order valence-electron chi connectivity index (χ4n) is 3.05. The minimum Gasteiger partial charge on any atom is -0.493 e. The molecule has 0 spiro atoms. The zero-order valence-corrected chi connectivity index (χ0v) is 14.9. The van der Waals surface area contributed by atoms with Crippen molar-refractivity contribution in [3.8, 4) is 11.5 Å². The van der Waals surface area contributed by atoms with Crippen molar-refractivity contribution in [2.24, 2.45) is 0 Å². The second kappa shape index (κ2) is 8.01. The zero-order valence-electron chi connectivity index (χ0n) is 14.9. The van der Waals surface area contributed by atoms with Crippen molar-refractivity contribution >= 4 is 11.5 Å². The molecule has 8 nitrogen and oxygen atoms in total. The number of benzene rings is 1. The van der Waals surface area contributed by atoms with Crippen molar-refractivity contribution in [2.75, 3.05) is 45.3 Å². The fourth-order valence-corrected chi connectivity index (χ4v) is 3.05. The molecule has 0 atom stereocenters. The van der Waals surface area contributed by atoms with Gasteiger partial charge in [-0.15, -0.1) is 0 Å². The summed E-state index contributed by atoms with van der Waals surface area (Å²) >= 11 is 0. The third kappa shape index (κ3) is 4.02. The number of hydrogen-bond donors (Lipinski definition) is 0. The van der Waals surface area contributed by atoms with Crippen molar-refractivity contribution in [3.63, 3.8) is 0 Å². The van der Waals surface area contributed by atoms with Gasteiger partial charge in [-0.25, -0.2) is 4.98 Å². The molecule has 0 aliphatic carbocycles. The van der Waals surface area contributed by atoms with Crippen LogP contribution in [0.5, 0.6) is 11.5 Å². The van der Waals surface area contributed by atoms with Gasteiger partial charge in [0, 0.05) is 38.8 Å². The number of hydrogen-bond acceptors (Lipinski definition) is 7. The van der Waals surface area contributed by atoms with Crippen LogP contribution >= 0.6 is 0 Å². The van der Waals surface area contributed by atoms with Crippen molar-refractivity contribution in [2.45, 2.75) is 6.54 Å². The molecule has 0 unspecified atom stereocenters. The maximum atomic E-state index is 10.7. The van der Waals surface area contributed by atoms with Crippen LogP contribution in [-0.4, -0.2) is 55.2 Å². The van der Waals surface area contributed by atoms with Crippen LogP contribution in [0.2, 0.25) is 0 Å². The van der Waals surface area contributed by atoms with E-state index in [0.717, 1.165) is 50.0 Å². The first-order chi connectivity index (χ1) is 12.6. The van der Waals surface area contributed by atoms with E-state index in [1.807, 2.05) is 18.2 Å². The van der Waals surface area contributed by atoms with Crippen LogP contribution in [0.25, 0.3) is 0 Å². The molecule has 0 N–H and O–H groups in total. The molecular weight excluding hydrogens is 336 g/mol. The van der Waals surface area contributed by atoms with Gasteiger partial charge in [0.25, 0.3) is 5.69 Å². The molecule has 2 aromatic rings. The van der Waals surface area contributed by atoms with E-state index in [9.17, 15) is 10.1 Å². The van der Waals surface area contributed by atoms with Gasteiger partial charge >= 0.3 is 0 Å². The van der Waals surface area contributed by atoms with E-state index in [4.69, 9.17) is 9.47 Å². The fraction of sp³-hybridized carbons (Fsp3) is 0.389.